The number of ether oxygens (including phenoxy) is 2. The highest BCUT2D eigenvalue weighted by Crippen LogP contribution is 2.29. The maximum Gasteiger partial charge on any atom is 0.255 e. The molecule has 6 heteroatoms. The third-order valence-electron chi connectivity index (χ3n) is 3.52. The van der Waals surface area contributed by atoms with Crippen LogP contribution in [0, 0.1) is 0 Å². The van der Waals surface area contributed by atoms with Crippen LogP contribution in [0.25, 0.3) is 0 Å². The molecule has 0 saturated heterocycles. The first-order valence-corrected chi connectivity index (χ1v) is 8.81. The van der Waals surface area contributed by atoms with Gasteiger partial charge >= 0.3 is 0 Å². The van der Waals surface area contributed by atoms with Crippen LogP contribution < -0.4 is 15.0 Å². The van der Waals surface area contributed by atoms with Gasteiger partial charge in [0.05, 0.1) is 19.4 Å². The molecule has 0 aliphatic heterocycles. The molecule has 23 heavy (non-hydrogen) atoms. The summed E-state index contributed by atoms with van der Waals surface area (Å²) in [5.74, 6) is 1.38. The van der Waals surface area contributed by atoms with Crippen LogP contribution in [-0.4, -0.2) is 29.9 Å². The fourth-order valence-corrected chi connectivity index (χ4v) is 2.79. The molecule has 0 aliphatic rings. The number of aromatic amines is 1. The Bertz CT molecular complexity index is 728. The molecule has 1 aromatic carbocycles. The van der Waals surface area contributed by atoms with Gasteiger partial charge in [0.15, 0.2) is 16.7 Å². The molecule has 0 bridgehead atoms. The van der Waals surface area contributed by atoms with Crippen LogP contribution in [0.2, 0.25) is 0 Å². The van der Waals surface area contributed by atoms with Crippen molar-refractivity contribution in [2.75, 3.05) is 20.0 Å². The van der Waals surface area contributed by atoms with E-state index >= 15 is 0 Å². The van der Waals surface area contributed by atoms with E-state index in [0.717, 1.165) is 17.7 Å². The normalized spacial score (nSPS) is 10.6. The second kappa shape index (κ2) is 8.06. The van der Waals surface area contributed by atoms with Gasteiger partial charge in [-0.25, -0.2) is 4.98 Å². The van der Waals surface area contributed by atoms with Crippen LogP contribution in [0.1, 0.15) is 30.7 Å². The molecule has 0 fully saturated rings. The van der Waals surface area contributed by atoms with E-state index < -0.39 is 0 Å². The fourth-order valence-electron chi connectivity index (χ4n) is 2.39. The molecule has 0 radical (unpaired) electrons. The molecule has 1 heterocycles. The third-order valence-corrected chi connectivity index (χ3v) is 4.10. The predicted octanol–water partition coefficient (Wildman–Crippen LogP) is 3.05. The average molecular weight is 334 g/mol. The van der Waals surface area contributed by atoms with Gasteiger partial charge in [-0.3, -0.25) is 4.79 Å². The number of aromatic nitrogens is 2. The van der Waals surface area contributed by atoms with Crippen LogP contribution in [0.4, 0.5) is 0 Å². The zero-order valence-corrected chi connectivity index (χ0v) is 14.8. The number of benzene rings is 1. The smallest absolute Gasteiger partial charge is 0.255 e. The Morgan fingerprint density at radius 2 is 2.04 bits per heavy atom. The lowest BCUT2D eigenvalue weighted by Crippen LogP contribution is -2.18. The number of nitrogens with zero attached hydrogens (tertiary/aromatic N) is 1. The van der Waals surface area contributed by atoms with Crippen molar-refractivity contribution in [3.63, 3.8) is 0 Å². The van der Waals surface area contributed by atoms with Gasteiger partial charge in [0.1, 0.15) is 0 Å². The van der Waals surface area contributed by atoms with E-state index in [4.69, 9.17) is 9.47 Å². The van der Waals surface area contributed by atoms with Crippen molar-refractivity contribution in [1.82, 2.24) is 9.97 Å². The van der Waals surface area contributed by atoms with Gasteiger partial charge < -0.3 is 14.5 Å². The van der Waals surface area contributed by atoms with Crippen LogP contribution in [0.3, 0.4) is 0 Å². The van der Waals surface area contributed by atoms with Gasteiger partial charge in [-0.2, -0.15) is 0 Å². The molecule has 1 aromatic heterocycles. The molecule has 0 spiro atoms. The van der Waals surface area contributed by atoms with E-state index in [-0.39, 0.29) is 5.56 Å². The molecule has 1 N–H and O–H groups in total. The quantitative estimate of drug-likeness (QED) is 0.623. The number of nitrogens with one attached hydrogen (secondary N) is 1. The minimum atomic E-state index is -0.0750. The van der Waals surface area contributed by atoms with Crippen molar-refractivity contribution >= 4 is 11.8 Å². The number of hydrogen-bond donors (Lipinski definition) is 1. The number of methoxy groups -OCH3 is 1. The van der Waals surface area contributed by atoms with Gasteiger partial charge in [-0.1, -0.05) is 24.8 Å². The zero-order valence-electron chi connectivity index (χ0n) is 13.9. The van der Waals surface area contributed by atoms with E-state index in [1.165, 1.54) is 11.8 Å². The first-order valence-electron chi connectivity index (χ1n) is 7.58. The van der Waals surface area contributed by atoms with Crippen molar-refractivity contribution in [3.8, 4) is 11.5 Å². The molecule has 124 valence electrons. The lowest BCUT2D eigenvalue weighted by Gasteiger charge is -2.12. The molecule has 0 saturated carbocycles. The monoisotopic (exact) mass is 334 g/mol. The minimum absolute atomic E-state index is 0.0750. The molecular weight excluding hydrogens is 312 g/mol. The summed E-state index contributed by atoms with van der Waals surface area (Å²) in [6.07, 6.45) is 3.14. The Kier molecular flexibility index (Phi) is 6.10. The Morgan fingerprint density at radius 3 is 2.65 bits per heavy atom. The Hall–Kier alpha value is -1.95. The molecule has 2 rings (SSSR count). The summed E-state index contributed by atoms with van der Waals surface area (Å²) < 4.78 is 10.9. The Labute approximate surface area is 140 Å². The predicted molar refractivity (Wildman–Crippen MR) is 93.0 cm³/mol. The standard InChI is InChI=1S/C17H22N2O3S/c1-5-13-12(16(20)19-17(18-13)23-4)9-11-7-8-14(22-6-2)15(10-11)21-3/h7-8,10H,5-6,9H2,1-4H3,(H,18,19,20). The van der Waals surface area contributed by atoms with E-state index in [1.54, 1.807) is 7.11 Å². The fraction of sp³-hybridized carbons (Fsp3) is 0.412. The number of rotatable bonds is 7. The van der Waals surface area contributed by atoms with Crippen LogP contribution in [-0.2, 0) is 12.8 Å². The highest BCUT2D eigenvalue weighted by Gasteiger charge is 2.13. The maximum atomic E-state index is 12.3. The summed E-state index contributed by atoms with van der Waals surface area (Å²) in [6, 6.07) is 5.74. The first-order chi connectivity index (χ1) is 11.1. The van der Waals surface area contributed by atoms with E-state index in [9.17, 15) is 4.79 Å². The molecule has 5 nitrogen and oxygen atoms in total. The highest BCUT2D eigenvalue weighted by molar-refractivity contribution is 7.98. The number of thioether (sulfide) groups is 1. The van der Waals surface area contributed by atoms with Gasteiger partial charge in [-0.15, -0.1) is 0 Å². The van der Waals surface area contributed by atoms with Crippen LogP contribution >= 0.6 is 11.8 Å². The van der Waals surface area contributed by atoms with Gasteiger partial charge in [0.25, 0.3) is 5.56 Å². The van der Waals surface area contributed by atoms with Crippen molar-refractivity contribution in [2.24, 2.45) is 0 Å². The minimum Gasteiger partial charge on any atom is -0.493 e. The van der Waals surface area contributed by atoms with Gasteiger partial charge in [0.2, 0.25) is 0 Å². The Balaban J connectivity index is 2.37. The second-order valence-corrected chi connectivity index (χ2v) is 5.74. The lowest BCUT2D eigenvalue weighted by atomic mass is 10.0. The molecule has 0 amide bonds. The largest absolute Gasteiger partial charge is 0.493 e. The molecule has 0 aliphatic carbocycles. The van der Waals surface area contributed by atoms with Crippen molar-refractivity contribution in [2.45, 2.75) is 31.8 Å². The highest BCUT2D eigenvalue weighted by atomic mass is 32.2. The molecule has 0 unspecified atom stereocenters. The zero-order chi connectivity index (χ0) is 16.8. The van der Waals surface area contributed by atoms with Crippen molar-refractivity contribution in [1.29, 1.82) is 0 Å². The summed E-state index contributed by atoms with van der Waals surface area (Å²) in [5, 5.41) is 0.653. The van der Waals surface area contributed by atoms with Crippen molar-refractivity contribution in [3.05, 3.63) is 45.4 Å². The molecular formula is C17H22N2O3S. The van der Waals surface area contributed by atoms with Gasteiger partial charge in [-0.05, 0) is 37.3 Å². The number of H-pyrrole nitrogens is 1. The Morgan fingerprint density at radius 1 is 1.26 bits per heavy atom. The summed E-state index contributed by atoms with van der Waals surface area (Å²) in [5.41, 5.74) is 2.46. The third kappa shape index (κ3) is 4.07. The number of hydrogen-bond acceptors (Lipinski definition) is 5. The second-order valence-electron chi connectivity index (χ2n) is 4.95. The van der Waals surface area contributed by atoms with E-state index in [2.05, 4.69) is 9.97 Å². The van der Waals surface area contributed by atoms with Gasteiger partial charge in [0, 0.05) is 12.0 Å². The van der Waals surface area contributed by atoms with E-state index in [0.29, 0.717) is 35.2 Å². The first kappa shape index (κ1) is 17.4. The maximum absolute atomic E-state index is 12.3. The van der Waals surface area contributed by atoms with Crippen LogP contribution in [0.5, 0.6) is 11.5 Å². The number of aryl methyl sites for hydroxylation is 1. The summed E-state index contributed by atoms with van der Waals surface area (Å²) in [6.45, 7) is 4.52. The topological polar surface area (TPSA) is 64.2 Å². The van der Waals surface area contributed by atoms with E-state index in [1.807, 2.05) is 38.3 Å². The SMILES string of the molecule is CCOc1ccc(Cc2c(CC)nc(SC)[nH]c2=O)cc1OC. The summed E-state index contributed by atoms with van der Waals surface area (Å²) in [7, 11) is 1.61. The molecule has 2 aromatic rings. The lowest BCUT2D eigenvalue weighted by molar-refractivity contribution is 0.310. The van der Waals surface area contributed by atoms with Crippen molar-refractivity contribution < 1.29 is 9.47 Å². The van der Waals surface area contributed by atoms with Crippen LogP contribution in [0.15, 0.2) is 28.2 Å². The molecule has 0 atom stereocenters. The summed E-state index contributed by atoms with van der Waals surface area (Å²) >= 11 is 1.44. The summed E-state index contributed by atoms with van der Waals surface area (Å²) in [4.78, 5) is 19.7. The average Bonchev–Trinajstić information content (AvgIpc) is 2.57.